The van der Waals surface area contributed by atoms with Gasteiger partial charge in [-0.05, 0) is 26.7 Å². The Hall–Kier alpha value is -1.36. The summed E-state index contributed by atoms with van der Waals surface area (Å²) in [5.74, 6) is 1.76. The fraction of sp³-hybridized carbons (Fsp3) is 0.733. The Morgan fingerprint density at radius 2 is 1.70 bits per heavy atom. The molecule has 5 heteroatoms. The largest absolute Gasteiger partial charge is 0.478 e. The number of hydrogen-bond donors (Lipinski definition) is 1. The summed E-state index contributed by atoms with van der Waals surface area (Å²) in [7, 11) is 0. The van der Waals surface area contributed by atoms with Crippen molar-refractivity contribution < 1.29 is 9.47 Å². The van der Waals surface area contributed by atoms with E-state index in [1.54, 1.807) is 6.07 Å². The van der Waals surface area contributed by atoms with Crippen molar-refractivity contribution in [2.24, 2.45) is 5.73 Å². The molecular weight excluding hydrogens is 254 g/mol. The summed E-state index contributed by atoms with van der Waals surface area (Å²) in [4.78, 5) is 8.49. The Kier molecular flexibility index (Phi) is 5.17. The van der Waals surface area contributed by atoms with Gasteiger partial charge in [-0.3, -0.25) is 0 Å². The molecule has 0 amide bonds. The highest BCUT2D eigenvalue weighted by Gasteiger charge is 2.27. The van der Waals surface area contributed by atoms with Gasteiger partial charge in [0.1, 0.15) is 12.4 Å². The van der Waals surface area contributed by atoms with Crippen LogP contribution in [0.2, 0.25) is 0 Å². The highest BCUT2D eigenvalue weighted by Crippen LogP contribution is 2.26. The summed E-state index contributed by atoms with van der Waals surface area (Å²) in [6.07, 6.45) is 6.98. The molecule has 20 heavy (non-hydrogen) atoms. The van der Waals surface area contributed by atoms with E-state index in [0.29, 0.717) is 30.8 Å². The second kappa shape index (κ2) is 6.88. The fourth-order valence-corrected chi connectivity index (χ4v) is 2.60. The number of rotatable bonds is 5. The van der Waals surface area contributed by atoms with Crippen molar-refractivity contribution in [3.05, 3.63) is 11.9 Å². The molecule has 0 spiro atoms. The first-order valence-corrected chi connectivity index (χ1v) is 7.51. The number of aromatic nitrogens is 2. The topological polar surface area (TPSA) is 70.3 Å². The molecule has 0 saturated heterocycles. The van der Waals surface area contributed by atoms with Gasteiger partial charge >= 0.3 is 0 Å². The molecule has 1 saturated carbocycles. The smallest absolute Gasteiger partial charge is 0.220 e. The summed E-state index contributed by atoms with van der Waals surface area (Å²) < 4.78 is 11.2. The molecule has 1 aliphatic rings. The molecule has 0 aliphatic heterocycles. The van der Waals surface area contributed by atoms with Crippen molar-refractivity contribution in [1.29, 1.82) is 0 Å². The third-order valence-corrected chi connectivity index (χ3v) is 3.69. The molecule has 0 bridgehead atoms. The molecule has 0 aromatic carbocycles. The van der Waals surface area contributed by atoms with Gasteiger partial charge in [0.15, 0.2) is 0 Å². The van der Waals surface area contributed by atoms with Gasteiger partial charge in [-0.2, -0.15) is 9.97 Å². The molecule has 5 nitrogen and oxygen atoms in total. The van der Waals surface area contributed by atoms with Gasteiger partial charge in [0.05, 0.1) is 18.2 Å². The summed E-state index contributed by atoms with van der Waals surface area (Å²) in [5.41, 5.74) is 6.22. The van der Waals surface area contributed by atoms with E-state index in [4.69, 9.17) is 15.2 Å². The molecule has 1 aromatic rings. The highest BCUT2D eigenvalue weighted by atomic mass is 16.5. The first-order chi connectivity index (χ1) is 9.61. The van der Waals surface area contributed by atoms with Crippen molar-refractivity contribution in [1.82, 2.24) is 9.97 Å². The Balaban J connectivity index is 1.98. The molecule has 0 atom stereocenters. The van der Waals surface area contributed by atoms with Crippen LogP contribution in [0.1, 0.15) is 51.3 Å². The molecule has 0 unspecified atom stereocenters. The fourth-order valence-electron chi connectivity index (χ4n) is 2.60. The summed E-state index contributed by atoms with van der Waals surface area (Å²) in [5, 5.41) is 0. The maximum Gasteiger partial charge on any atom is 0.220 e. The lowest BCUT2D eigenvalue weighted by Gasteiger charge is -2.27. The minimum absolute atomic E-state index is 0.221. The Bertz CT molecular complexity index is 429. The predicted octanol–water partition coefficient (Wildman–Crippen LogP) is 2.61. The number of nitrogens with zero attached hydrogens (tertiary/aromatic N) is 2. The quantitative estimate of drug-likeness (QED) is 0.839. The number of aryl methyl sites for hydroxylation is 1. The van der Waals surface area contributed by atoms with Crippen LogP contribution in [0.5, 0.6) is 11.8 Å². The summed E-state index contributed by atoms with van der Waals surface area (Å²) in [6.45, 7) is 4.85. The van der Waals surface area contributed by atoms with Crippen molar-refractivity contribution in [3.63, 3.8) is 0 Å². The minimum atomic E-state index is -0.221. The van der Waals surface area contributed by atoms with E-state index in [-0.39, 0.29) is 5.54 Å². The van der Waals surface area contributed by atoms with Crippen molar-refractivity contribution in [2.45, 2.75) is 57.9 Å². The number of nitrogens with two attached hydrogens (primary N) is 1. The van der Waals surface area contributed by atoms with Gasteiger partial charge < -0.3 is 15.2 Å². The van der Waals surface area contributed by atoms with E-state index in [9.17, 15) is 0 Å². The molecular formula is C15H25N3O2. The summed E-state index contributed by atoms with van der Waals surface area (Å²) >= 11 is 0. The first kappa shape index (κ1) is 15.0. The lowest BCUT2D eigenvalue weighted by atomic mass is 9.93. The van der Waals surface area contributed by atoms with E-state index in [1.807, 2.05) is 13.8 Å². The second-order valence-electron chi connectivity index (χ2n) is 5.59. The standard InChI is InChI=1S/C15H25N3O2/c1-3-19-13-10-14(18-12(2)17-13)20-11-15(16)8-6-4-5-7-9-15/h10H,3-9,11,16H2,1-2H3. The van der Waals surface area contributed by atoms with Crippen LogP contribution in [0.15, 0.2) is 6.07 Å². The highest BCUT2D eigenvalue weighted by molar-refractivity contribution is 5.20. The normalized spacial score (nSPS) is 18.4. The van der Waals surface area contributed by atoms with Crippen molar-refractivity contribution in [3.8, 4) is 11.8 Å². The Morgan fingerprint density at radius 3 is 2.30 bits per heavy atom. The third-order valence-electron chi connectivity index (χ3n) is 3.69. The van der Waals surface area contributed by atoms with Crippen LogP contribution in [0.3, 0.4) is 0 Å². The average molecular weight is 279 g/mol. The first-order valence-electron chi connectivity index (χ1n) is 7.51. The van der Waals surface area contributed by atoms with Gasteiger partial charge in [0, 0.05) is 0 Å². The maximum absolute atomic E-state index is 6.44. The van der Waals surface area contributed by atoms with E-state index in [2.05, 4.69) is 9.97 Å². The second-order valence-corrected chi connectivity index (χ2v) is 5.59. The van der Waals surface area contributed by atoms with Gasteiger partial charge in [-0.25, -0.2) is 0 Å². The lowest BCUT2D eigenvalue weighted by Crippen LogP contribution is -2.45. The van der Waals surface area contributed by atoms with Crippen LogP contribution in [0.25, 0.3) is 0 Å². The Labute approximate surface area is 120 Å². The average Bonchev–Trinajstić information content (AvgIpc) is 2.62. The SMILES string of the molecule is CCOc1cc(OCC2(N)CCCCCC2)nc(C)n1. The van der Waals surface area contributed by atoms with E-state index in [1.165, 1.54) is 25.7 Å². The van der Waals surface area contributed by atoms with Crippen LogP contribution >= 0.6 is 0 Å². The van der Waals surface area contributed by atoms with Crippen LogP contribution in [0, 0.1) is 6.92 Å². The van der Waals surface area contributed by atoms with Crippen molar-refractivity contribution >= 4 is 0 Å². The molecule has 1 fully saturated rings. The third kappa shape index (κ3) is 4.34. The van der Waals surface area contributed by atoms with Gasteiger partial charge in [-0.15, -0.1) is 0 Å². The molecule has 1 heterocycles. The molecule has 1 aromatic heterocycles. The molecule has 0 radical (unpaired) electrons. The van der Waals surface area contributed by atoms with E-state index >= 15 is 0 Å². The zero-order valence-corrected chi connectivity index (χ0v) is 12.5. The monoisotopic (exact) mass is 279 g/mol. The maximum atomic E-state index is 6.44. The lowest BCUT2D eigenvalue weighted by molar-refractivity contribution is 0.191. The molecule has 2 rings (SSSR count). The molecule has 112 valence electrons. The van der Waals surface area contributed by atoms with Crippen LogP contribution < -0.4 is 15.2 Å². The minimum Gasteiger partial charge on any atom is -0.478 e. The molecule has 2 N–H and O–H groups in total. The predicted molar refractivity (Wildman–Crippen MR) is 78.1 cm³/mol. The van der Waals surface area contributed by atoms with Gasteiger partial charge in [-0.1, -0.05) is 25.7 Å². The van der Waals surface area contributed by atoms with E-state index < -0.39 is 0 Å². The number of ether oxygens (including phenoxy) is 2. The van der Waals surface area contributed by atoms with Gasteiger partial charge in [0.25, 0.3) is 0 Å². The van der Waals surface area contributed by atoms with Crippen LogP contribution in [0.4, 0.5) is 0 Å². The van der Waals surface area contributed by atoms with Gasteiger partial charge in [0.2, 0.25) is 11.8 Å². The summed E-state index contributed by atoms with van der Waals surface area (Å²) in [6, 6.07) is 1.73. The zero-order valence-electron chi connectivity index (χ0n) is 12.5. The van der Waals surface area contributed by atoms with Crippen molar-refractivity contribution in [2.75, 3.05) is 13.2 Å². The molecule has 1 aliphatic carbocycles. The zero-order chi connectivity index (χ0) is 14.4. The Morgan fingerprint density at radius 1 is 1.10 bits per heavy atom. The van der Waals surface area contributed by atoms with Crippen LogP contribution in [-0.2, 0) is 0 Å². The number of hydrogen-bond acceptors (Lipinski definition) is 5. The van der Waals surface area contributed by atoms with Crippen LogP contribution in [-0.4, -0.2) is 28.7 Å². The van der Waals surface area contributed by atoms with E-state index in [0.717, 1.165) is 12.8 Å².